The van der Waals surface area contributed by atoms with Gasteiger partial charge in [0.1, 0.15) is 11.4 Å². The van der Waals surface area contributed by atoms with E-state index < -0.39 is 0 Å². The van der Waals surface area contributed by atoms with Crippen LogP contribution in [-0.4, -0.2) is 26.2 Å². The molecule has 0 radical (unpaired) electrons. The molecule has 2 aromatic rings. The molecular weight excluding hydrogens is 212 g/mol. The van der Waals surface area contributed by atoms with Crippen LogP contribution in [0.25, 0.3) is 0 Å². The van der Waals surface area contributed by atoms with Crippen molar-refractivity contribution in [2.24, 2.45) is 0 Å². The Bertz CT molecular complexity index is 502. The highest BCUT2D eigenvalue weighted by Crippen LogP contribution is 2.05. The molecule has 84 valence electrons. The van der Waals surface area contributed by atoms with Gasteiger partial charge in [-0.3, -0.25) is 9.89 Å². The summed E-state index contributed by atoms with van der Waals surface area (Å²) in [6.45, 7) is 1.85. The number of H-pyrrole nitrogens is 1. The van der Waals surface area contributed by atoms with Gasteiger partial charge in [0.2, 0.25) is 5.89 Å². The minimum atomic E-state index is -0.339. The lowest BCUT2D eigenvalue weighted by Crippen LogP contribution is -2.23. The average Bonchev–Trinajstić information content (AvgIpc) is 2.84. The third kappa shape index (κ3) is 2.00. The molecule has 0 aliphatic rings. The number of hydrogen-bond donors (Lipinski definition) is 3. The molecule has 4 N–H and O–H groups in total. The van der Waals surface area contributed by atoms with Crippen LogP contribution >= 0.6 is 0 Å². The van der Waals surface area contributed by atoms with E-state index in [1.54, 1.807) is 6.92 Å². The monoisotopic (exact) mass is 222 g/mol. The zero-order valence-corrected chi connectivity index (χ0v) is 8.52. The minimum Gasteiger partial charge on any atom is -0.383 e. The Kier molecular flexibility index (Phi) is 2.54. The maximum atomic E-state index is 11.6. The molecule has 2 rings (SSSR count). The Morgan fingerprint density at radius 1 is 1.69 bits per heavy atom. The van der Waals surface area contributed by atoms with Gasteiger partial charge in [-0.05, 0) is 0 Å². The number of carbonyl (C=O) groups excluding carboxylic acids is 1. The molecule has 2 aromatic heterocycles. The van der Waals surface area contributed by atoms with E-state index in [0.29, 0.717) is 17.3 Å². The molecule has 2 heterocycles. The fourth-order valence-corrected chi connectivity index (χ4v) is 1.14. The molecule has 0 aliphatic heterocycles. The number of aromatic amines is 1. The molecule has 0 spiro atoms. The fourth-order valence-electron chi connectivity index (χ4n) is 1.14. The number of rotatable bonds is 3. The molecule has 8 nitrogen and oxygen atoms in total. The molecule has 16 heavy (non-hydrogen) atoms. The van der Waals surface area contributed by atoms with Crippen LogP contribution in [0.15, 0.2) is 10.7 Å². The topological polar surface area (TPSA) is 123 Å². The van der Waals surface area contributed by atoms with E-state index in [1.807, 2.05) is 0 Å². The second-order valence-electron chi connectivity index (χ2n) is 3.11. The molecule has 0 bridgehead atoms. The van der Waals surface area contributed by atoms with Crippen LogP contribution in [0.4, 0.5) is 5.82 Å². The number of aromatic nitrogens is 4. The van der Waals surface area contributed by atoms with E-state index in [0.717, 1.165) is 0 Å². The highest BCUT2D eigenvalue weighted by atomic mass is 16.5. The van der Waals surface area contributed by atoms with Crippen molar-refractivity contribution in [3.8, 4) is 0 Å². The summed E-state index contributed by atoms with van der Waals surface area (Å²) in [7, 11) is 0. The summed E-state index contributed by atoms with van der Waals surface area (Å²) in [6.07, 6.45) is 1.35. The number of nitrogen functional groups attached to an aromatic ring is 1. The number of nitrogens with two attached hydrogens (primary N) is 1. The van der Waals surface area contributed by atoms with Crippen LogP contribution in [0.3, 0.4) is 0 Å². The van der Waals surface area contributed by atoms with Crippen LogP contribution in [0.2, 0.25) is 0 Å². The van der Waals surface area contributed by atoms with Crippen LogP contribution in [0.1, 0.15) is 22.1 Å². The minimum absolute atomic E-state index is 0.181. The van der Waals surface area contributed by atoms with E-state index in [9.17, 15) is 4.79 Å². The van der Waals surface area contributed by atoms with Crippen LogP contribution in [0.5, 0.6) is 0 Å². The summed E-state index contributed by atoms with van der Waals surface area (Å²) in [4.78, 5) is 15.5. The first kappa shape index (κ1) is 10.1. The fraction of sp³-hybridized carbons (Fsp3) is 0.250. The number of aryl methyl sites for hydroxylation is 1. The first-order valence-electron chi connectivity index (χ1n) is 4.53. The molecule has 0 atom stereocenters. The molecule has 0 saturated carbocycles. The predicted molar refractivity (Wildman–Crippen MR) is 53.2 cm³/mol. The Hall–Kier alpha value is -2.38. The van der Waals surface area contributed by atoms with Crippen molar-refractivity contribution in [2.45, 2.75) is 13.5 Å². The van der Waals surface area contributed by atoms with Gasteiger partial charge >= 0.3 is 0 Å². The van der Waals surface area contributed by atoms with E-state index in [1.165, 1.54) is 6.20 Å². The number of nitrogens with zero attached hydrogens (tertiary/aromatic N) is 3. The largest absolute Gasteiger partial charge is 0.383 e. The van der Waals surface area contributed by atoms with Gasteiger partial charge in [-0.25, -0.2) is 0 Å². The second-order valence-corrected chi connectivity index (χ2v) is 3.11. The SMILES string of the molecule is Cc1nc(CNC(=O)c2cn[nH]c2N)no1. The summed E-state index contributed by atoms with van der Waals surface area (Å²) in [5.41, 5.74) is 5.78. The number of nitrogens with one attached hydrogen (secondary N) is 2. The number of carbonyl (C=O) groups is 1. The first-order valence-corrected chi connectivity index (χ1v) is 4.53. The Balaban J connectivity index is 1.96. The van der Waals surface area contributed by atoms with E-state index in [-0.39, 0.29) is 18.3 Å². The van der Waals surface area contributed by atoms with Gasteiger partial charge in [0.05, 0.1) is 12.7 Å². The molecule has 0 saturated heterocycles. The Morgan fingerprint density at radius 3 is 3.06 bits per heavy atom. The van der Waals surface area contributed by atoms with Gasteiger partial charge < -0.3 is 15.6 Å². The van der Waals surface area contributed by atoms with Gasteiger partial charge in [0.25, 0.3) is 5.91 Å². The normalized spacial score (nSPS) is 10.3. The van der Waals surface area contributed by atoms with E-state index in [2.05, 4.69) is 25.7 Å². The molecule has 8 heteroatoms. The van der Waals surface area contributed by atoms with Crippen LogP contribution in [0, 0.1) is 6.92 Å². The van der Waals surface area contributed by atoms with Crippen LogP contribution < -0.4 is 11.1 Å². The van der Waals surface area contributed by atoms with Gasteiger partial charge in [-0.1, -0.05) is 5.16 Å². The first-order chi connectivity index (χ1) is 7.66. The maximum absolute atomic E-state index is 11.6. The van der Waals surface area contributed by atoms with Gasteiger partial charge in [0.15, 0.2) is 5.82 Å². The summed E-state index contributed by atoms with van der Waals surface area (Å²) < 4.78 is 4.76. The van der Waals surface area contributed by atoms with Crippen molar-refractivity contribution in [3.63, 3.8) is 0 Å². The van der Waals surface area contributed by atoms with Gasteiger partial charge in [0, 0.05) is 6.92 Å². The molecule has 0 unspecified atom stereocenters. The second kappa shape index (κ2) is 4.01. The number of amides is 1. The van der Waals surface area contributed by atoms with Crippen molar-refractivity contribution in [1.29, 1.82) is 0 Å². The van der Waals surface area contributed by atoms with Crippen molar-refractivity contribution >= 4 is 11.7 Å². The van der Waals surface area contributed by atoms with Crippen LogP contribution in [-0.2, 0) is 6.54 Å². The lowest BCUT2D eigenvalue weighted by atomic mass is 10.3. The summed E-state index contributed by atoms with van der Waals surface area (Å²) in [6, 6.07) is 0. The third-order valence-electron chi connectivity index (χ3n) is 1.89. The molecule has 0 aliphatic carbocycles. The lowest BCUT2D eigenvalue weighted by molar-refractivity contribution is 0.0950. The summed E-state index contributed by atoms with van der Waals surface area (Å²) in [5, 5.41) is 12.3. The van der Waals surface area contributed by atoms with Crippen molar-refractivity contribution in [1.82, 2.24) is 25.7 Å². The third-order valence-corrected chi connectivity index (χ3v) is 1.89. The van der Waals surface area contributed by atoms with E-state index >= 15 is 0 Å². The Morgan fingerprint density at radius 2 is 2.50 bits per heavy atom. The summed E-state index contributed by atoms with van der Waals surface area (Å²) >= 11 is 0. The highest BCUT2D eigenvalue weighted by molar-refractivity contribution is 5.97. The average molecular weight is 222 g/mol. The summed E-state index contributed by atoms with van der Waals surface area (Å²) in [5.74, 6) is 0.746. The lowest BCUT2D eigenvalue weighted by Gasteiger charge is -1.99. The zero-order valence-electron chi connectivity index (χ0n) is 8.52. The van der Waals surface area contributed by atoms with E-state index in [4.69, 9.17) is 10.3 Å². The standard InChI is InChI=1S/C8H10N6O2/c1-4-12-6(14-16-4)3-10-8(15)5-2-11-13-7(5)9/h2H,3H2,1H3,(H,10,15)(H3,9,11,13). The number of anilines is 1. The quantitative estimate of drug-likeness (QED) is 0.650. The highest BCUT2D eigenvalue weighted by Gasteiger charge is 2.12. The molecule has 0 fully saturated rings. The zero-order chi connectivity index (χ0) is 11.5. The maximum Gasteiger partial charge on any atom is 0.257 e. The molecular formula is C8H10N6O2. The smallest absolute Gasteiger partial charge is 0.257 e. The van der Waals surface area contributed by atoms with Crippen molar-refractivity contribution < 1.29 is 9.32 Å². The predicted octanol–water partition coefficient (Wildman–Crippen LogP) is -0.387. The van der Waals surface area contributed by atoms with Crippen molar-refractivity contribution in [3.05, 3.63) is 23.5 Å². The van der Waals surface area contributed by atoms with Crippen molar-refractivity contribution in [2.75, 3.05) is 5.73 Å². The number of hydrogen-bond acceptors (Lipinski definition) is 6. The molecule has 1 amide bonds. The van der Waals surface area contributed by atoms with Gasteiger partial charge in [-0.15, -0.1) is 0 Å². The Labute approximate surface area is 90.2 Å². The van der Waals surface area contributed by atoms with Gasteiger partial charge in [-0.2, -0.15) is 10.1 Å². The molecule has 0 aromatic carbocycles.